The van der Waals surface area contributed by atoms with Crippen LogP contribution in [0, 0.1) is 5.92 Å². The summed E-state index contributed by atoms with van der Waals surface area (Å²) in [7, 11) is 0. The third-order valence-corrected chi connectivity index (χ3v) is 4.42. The number of hydrogen-bond donors (Lipinski definition) is 2. The molecule has 1 aromatic rings. The van der Waals surface area contributed by atoms with E-state index in [-0.39, 0.29) is 6.10 Å². The molecule has 0 aromatic carbocycles. The lowest BCUT2D eigenvalue weighted by Crippen LogP contribution is -2.36. The lowest BCUT2D eigenvalue weighted by Gasteiger charge is -2.30. The van der Waals surface area contributed by atoms with E-state index in [1.54, 1.807) is 0 Å². The Balaban J connectivity index is 1.79. The Morgan fingerprint density at radius 1 is 1.45 bits per heavy atom. The van der Waals surface area contributed by atoms with Gasteiger partial charge in [0, 0.05) is 13.1 Å². The number of nitrogens with two attached hydrogens (primary N) is 1. The molecule has 114 valence electrons. The van der Waals surface area contributed by atoms with E-state index in [2.05, 4.69) is 21.5 Å². The van der Waals surface area contributed by atoms with Gasteiger partial charge in [-0.15, -0.1) is 0 Å². The minimum Gasteiger partial charge on any atom is -0.484 e. The van der Waals surface area contributed by atoms with Crippen LogP contribution in [0.4, 0.5) is 10.8 Å². The van der Waals surface area contributed by atoms with Crippen LogP contribution >= 0.6 is 11.5 Å². The molecule has 1 aliphatic heterocycles. The molecule has 0 spiro atoms. The van der Waals surface area contributed by atoms with Crippen LogP contribution in [0.25, 0.3) is 0 Å². The van der Waals surface area contributed by atoms with Gasteiger partial charge in [0.25, 0.3) is 0 Å². The Morgan fingerprint density at radius 2 is 2.15 bits per heavy atom. The van der Waals surface area contributed by atoms with Gasteiger partial charge >= 0.3 is 0 Å². The first-order valence-corrected chi connectivity index (χ1v) is 8.21. The zero-order valence-electron chi connectivity index (χ0n) is 12.7. The molecule has 0 saturated carbocycles. The van der Waals surface area contributed by atoms with Crippen molar-refractivity contribution >= 4 is 22.4 Å². The van der Waals surface area contributed by atoms with Crippen LogP contribution < -0.4 is 15.8 Å². The molecule has 1 fully saturated rings. The largest absolute Gasteiger partial charge is 0.484 e. The Bertz CT molecular complexity index is 413. The van der Waals surface area contributed by atoms with E-state index in [0.717, 1.165) is 24.0 Å². The van der Waals surface area contributed by atoms with Gasteiger partial charge < -0.3 is 20.7 Å². The van der Waals surface area contributed by atoms with Crippen molar-refractivity contribution in [3.05, 3.63) is 0 Å². The summed E-state index contributed by atoms with van der Waals surface area (Å²) >= 11 is 1.38. The third-order valence-electron chi connectivity index (χ3n) is 3.62. The van der Waals surface area contributed by atoms with Crippen LogP contribution in [0.1, 0.15) is 33.6 Å². The van der Waals surface area contributed by atoms with Crippen LogP contribution in [0.3, 0.4) is 0 Å². The van der Waals surface area contributed by atoms with Gasteiger partial charge in [-0.1, -0.05) is 6.92 Å². The number of nitrogens with one attached hydrogen (secondary N) is 1. The predicted molar refractivity (Wildman–Crippen MR) is 85.6 cm³/mol. The highest BCUT2D eigenvalue weighted by Gasteiger charge is 2.17. The molecule has 0 atom stereocenters. The van der Waals surface area contributed by atoms with Crippen molar-refractivity contribution in [1.29, 1.82) is 0 Å². The van der Waals surface area contributed by atoms with E-state index in [0.29, 0.717) is 11.6 Å². The fourth-order valence-electron chi connectivity index (χ4n) is 2.37. The lowest BCUT2D eigenvalue weighted by molar-refractivity contribution is 0.199. The van der Waals surface area contributed by atoms with E-state index >= 15 is 0 Å². The summed E-state index contributed by atoms with van der Waals surface area (Å²) in [5.41, 5.74) is 5.84. The van der Waals surface area contributed by atoms with Gasteiger partial charge in [-0.2, -0.15) is 4.37 Å². The molecule has 20 heavy (non-hydrogen) atoms. The molecule has 0 bridgehead atoms. The number of nitrogens with zero attached hydrogens (tertiary/aromatic N) is 2. The molecular weight excluding hydrogens is 272 g/mol. The van der Waals surface area contributed by atoms with Gasteiger partial charge in [-0.25, -0.2) is 0 Å². The minimum atomic E-state index is 0.109. The van der Waals surface area contributed by atoms with E-state index in [1.807, 2.05) is 13.8 Å². The van der Waals surface area contributed by atoms with Gasteiger partial charge in [-0.05, 0) is 57.2 Å². The molecule has 1 aliphatic rings. The standard InChI is InChI=1S/C14H26N4OS/c1-10(2)19-12-13(15)17-20-14(12)16-6-9-18-7-4-11(3)5-8-18/h10-11,16H,4-9H2,1-3H3,(H2,15,17). The molecule has 1 aromatic heterocycles. The van der Waals surface area contributed by atoms with Crippen molar-refractivity contribution in [1.82, 2.24) is 9.27 Å². The Labute approximate surface area is 125 Å². The number of piperidine rings is 1. The minimum absolute atomic E-state index is 0.109. The van der Waals surface area contributed by atoms with Gasteiger partial charge in [0.2, 0.25) is 0 Å². The van der Waals surface area contributed by atoms with Crippen molar-refractivity contribution in [3.63, 3.8) is 0 Å². The summed E-state index contributed by atoms with van der Waals surface area (Å²) in [6.07, 6.45) is 2.74. The quantitative estimate of drug-likeness (QED) is 0.845. The smallest absolute Gasteiger partial charge is 0.197 e. The second kappa shape index (κ2) is 7.13. The molecule has 0 radical (unpaired) electrons. The van der Waals surface area contributed by atoms with Crippen molar-refractivity contribution in [2.45, 2.75) is 39.7 Å². The molecular formula is C14H26N4OS. The highest BCUT2D eigenvalue weighted by molar-refractivity contribution is 7.11. The summed E-state index contributed by atoms with van der Waals surface area (Å²) in [6, 6.07) is 0. The van der Waals surface area contributed by atoms with E-state index in [1.165, 1.54) is 37.5 Å². The average Bonchev–Trinajstić information content (AvgIpc) is 2.73. The van der Waals surface area contributed by atoms with Crippen molar-refractivity contribution < 1.29 is 4.74 Å². The molecule has 3 N–H and O–H groups in total. The molecule has 0 unspecified atom stereocenters. The molecule has 5 nitrogen and oxygen atoms in total. The van der Waals surface area contributed by atoms with Crippen LogP contribution in [0.15, 0.2) is 0 Å². The topological polar surface area (TPSA) is 63.4 Å². The second-order valence-corrected chi connectivity index (χ2v) is 6.62. The Kier molecular flexibility index (Phi) is 5.48. The van der Waals surface area contributed by atoms with Gasteiger partial charge in [-0.3, -0.25) is 0 Å². The molecule has 6 heteroatoms. The maximum atomic E-state index is 5.84. The number of rotatable bonds is 6. The fraction of sp³-hybridized carbons (Fsp3) is 0.786. The van der Waals surface area contributed by atoms with Crippen LogP contribution in [0.2, 0.25) is 0 Å². The highest BCUT2D eigenvalue weighted by Crippen LogP contribution is 2.35. The van der Waals surface area contributed by atoms with E-state index in [9.17, 15) is 0 Å². The Hall–Kier alpha value is -1.01. The van der Waals surface area contributed by atoms with Crippen LogP contribution in [0.5, 0.6) is 5.75 Å². The number of nitrogen functional groups attached to an aromatic ring is 1. The van der Waals surface area contributed by atoms with Crippen molar-refractivity contribution in [2.75, 3.05) is 37.2 Å². The monoisotopic (exact) mass is 298 g/mol. The second-order valence-electron chi connectivity index (χ2n) is 5.84. The first kappa shape index (κ1) is 15.4. The lowest BCUT2D eigenvalue weighted by atomic mass is 9.99. The van der Waals surface area contributed by atoms with Crippen LogP contribution in [-0.4, -0.2) is 41.6 Å². The van der Waals surface area contributed by atoms with Gasteiger partial charge in [0.1, 0.15) is 0 Å². The number of aromatic nitrogens is 1. The Morgan fingerprint density at radius 3 is 2.80 bits per heavy atom. The fourth-order valence-corrected chi connectivity index (χ4v) is 3.04. The normalized spacial score (nSPS) is 17.6. The predicted octanol–water partition coefficient (Wildman–Crippen LogP) is 2.66. The van der Waals surface area contributed by atoms with Crippen LogP contribution in [-0.2, 0) is 0 Å². The molecule has 2 heterocycles. The van der Waals surface area contributed by atoms with E-state index < -0.39 is 0 Å². The number of anilines is 2. The first-order valence-electron chi connectivity index (χ1n) is 7.44. The number of likely N-dealkylation sites (tertiary alicyclic amines) is 1. The molecule has 0 amide bonds. The summed E-state index contributed by atoms with van der Waals surface area (Å²) in [4.78, 5) is 2.51. The summed E-state index contributed by atoms with van der Waals surface area (Å²) in [5, 5.41) is 4.35. The van der Waals surface area contributed by atoms with Crippen molar-refractivity contribution in [3.8, 4) is 5.75 Å². The maximum Gasteiger partial charge on any atom is 0.197 e. The number of hydrogen-bond acceptors (Lipinski definition) is 6. The van der Waals surface area contributed by atoms with Crippen molar-refractivity contribution in [2.24, 2.45) is 5.92 Å². The van der Waals surface area contributed by atoms with Gasteiger partial charge in [0.15, 0.2) is 16.6 Å². The molecule has 1 saturated heterocycles. The SMILES string of the molecule is CC1CCN(CCNc2snc(N)c2OC(C)C)CC1. The maximum absolute atomic E-state index is 5.84. The van der Waals surface area contributed by atoms with Gasteiger partial charge in [0.05, 0.1) is 6.10 Å². The molecule has 2 rings (SSSR count). The summed E-state index contributed by atoms with van der Waals surface area (Å²) in [5.74, 6) is 2.07. The highest BCUT2D eigenvalue weighted by atomic mass is 32.1. The average molecular weight is 298 g/mol. The zero-order chi connectivity index (χ0) is 14.5. The zero-order valence-corrected chi connectivity index (χ0v) is 13.5. The first-order chi connectivity index (χ1) is 9.56. The third kappa shape index (κ3) is 4.24. The van der Waals surface area contributed by atoms with E-state index in [4.69, 9.17) is 10.5 Å². The summed E-state index contributed by atoms with van der Waals surface area (Å²) < 4.78 is 9.88. The molecule has 0 aliphatic carbocycles. The number of ether oxygens (including phenoxy) is 1. The summed E-state index contributed by atoms with van der Waals surface area (Å²) in [6.45, 7) is 10.7.